The van der Waals surface area contributed by atoms with E-state index < -0.39 is 11.7 Å². The number of aromatic amines is 1. The van der Waals surface area contributed by atoms with Gasteiger partial charge in [0.25, 0.3) is 0 Å². The average Bonchev–Trinajstić information content (AvgIpc) is 2.87. The first-order valence-electron chi connectivity index (χ1n) is 7.48. The largest absolute Gasteiger partial charge is 0.416 e. The Hall–Kier alpha value is -1.65. The van der Waals surface area contributed by atoms with Gasteiger partial charge >= 0.3 is 6.18 Å². The minimum atomic E-state index is -4.42. The highest BCUT2D eigenvalue weighted by atomic mass is 35.5. The lowest BCUT2D eigenvalue weighted by atomic mass is 10.0. The molecule has 0 saturated carbocycles. The quantitative estimate of drug-likeness (QED) is 0.504. The van der Waals surface area contributed by atoms with E-state index in [2.05, 4.69) is 11.9 Å². The van der Waals surface area contributed by atoms with Crippen LogP contribution in [0.4, 0.5) is 13.2 Å². The van der Waals surface area contributed by atoms with Gasteiger partial charge in [0.05, 0.1) is 10.6 Å². The minimum Gasteiger partial charge on any atom is -0.358 e. The van der Waals surface area contributed by atoms with Gasteiger partial charge in [0, 0.05) is 32.7 Å². The summed E-state index contributed by atoms with van der Waals surface area (Å²) in [5.41, 5.74) is 2.31. The van der Waals surface area contributed by atoms with Crippen LogP contribution < -0.4 is 0 Å². The number of hydrogen-bond acceptors (Lipinski definition) is 0. The molecule has 0 unspecified atom stereocenters. The van der Waals surface area contributed by atoms with Crippen LogP contribution in [0.2, 0.25) is 10.0 Å². The third-order valence-corrected chi connectivity index (χ3v) is 4.50. The first kappa shape index (κ1) is 17.2. The van der Waals surface area contributed by atoms with Crippen molar-refractivity contribution in [3.05, 3.63) is 57.7 Å². The lowest BCUT2D eigenvalue weighted by Crippen LogP contribution is -2.04. The van der Waals surface area contributed by atoms with Crippen molar-refractivity contribution in [1.82, 2.24) is 4.98 Å². The van der Waals surface area contributed by atoms with Crippen molar-refractivity contribution < 1.29 is 13.2 Å². The molecule has 24 heavy (non-hydrogen) atoms. The molecule has 6 heteroatoms. The molecule has 0 bridgehead atoms. The predicted octanol–water partition coefficient (Wildman–Crippen LogP) is 7.11. The van der Waals surface area contributed by atoms with Crippen molar-refractivity contribution >= 4 is 34.1 Å². The summed E-state index contributed by atoms with van der Waals surface area (Å²) in [6, 6.07) is 8.95. The molecule has 0 radical (unpaired) electrons. The normalized spacial score (nSPS) is 12.1. The Morgan fingerprint density at radius 1 is 0.958 bits per heavy atom. The number of benzene rings is 2. The molecule has 1 aromatic heterocycles. The van der Waals surface area contributed by atoms with Crippen molar-refractivity contribution in [2.45, 2.75) is 25.9 Å². The highest BCUT2D eigenvalue weighted by Crippen LogP contribution is 2.39. The van der Waals surface area contributed by atoms with Gasteiger partial charge in [-0.15, -0.1) is 0 Å². The first-order valence-corrected chi connectivity index (χ1v) is 8.23. The zero-order valence-electron chi connectivity index (χ0n) is 12.8. The van der Waals surface area contributed by atoms with Crippen LogP contribution in [-0.2, 0) is 12.6 Å². The molecule has 1 N–H and O–H groups in total. The van der Waals surface area contributed by atoms with Crippen LogP contribution >= 0.6 is 23.2 Å². The number of aryl methyl sites for hydroxylation is 1. The van der Waals surface area contributed by atoms with E-state index in [0.717, 1.165) is 41.6 Å². The van der Waals surface area contributed by atoms with E-state index in [9.17, 15) is 13.2 Å². The molecular formula is C18H14Cl2F3N. The second-order valence-corrected chi connectivity index (χ2v) is 6.47. The Labute approximate surface area is 147 Å². The van der Waals surface area contributed by atoms with Crippen LogP contribution in [0.5, 0.6) is 0 Å². The lowest BCUT2D eigenvalue weighted by Gasteiger charge is -2.11. The summed E-state index contributed by atoms with van der Waals surface area (Å²) >= 11 is 12.4. The summed E-state index contributed by atoms with van der Waals surface area (Å²) in [4.78, 5) is 3.29. The number of hydrogen-bond donors (Lipinski definition) is 1. The number of fused-ring (bicyclic) bond motifs is 1. The molecule has 1 nitrogen and oxygen atoms in total. The van der Waals surface area contributed by atoms with Crippen LogP contribution in [0.3, 0.4) is 0 Å². The molecule has 0 fully saturated rings. The Morgan fingerprint density at radius 2 is 1.67 bits per heavy atom. The minimum absolute atomic E-state index is 0.0235. The summed E-state index contributed by atoms with van der Waals surface area (Å²) in [6.45, 7) is 2.09. The summed E-state index contributed by atoms with van der Waals surface area (Å²) in [6.07, 6.45) is -2.49. The standard InChI is InChI=1S/C18H14Cl2F3N/c1-2-3-12-6-10-7-14(16(20)9-17(10)24-12)13-5-4-11(8-15(13)19)18(21,22)23/h4-9,24H,2-3H2,1H3. The third kappa shape index (κ3) is 3.26. The number of aromatic nitrogens is 1. The molecule has 0 aliphatic rings. The van der Waals surface area contributed by atoms with Crippen LogP contribution in [0.1, 0.15) is 24.6 Å². The highest BCUT2D eigenvalue weighted by Gasteiger charge is 2.31. The van der Waals surface area contributed by atoms with E-state index in [1.807, 2.05) is 12.1 Å². The third-order valence-electron chi connectivity index (χ3n) is 3.87. The van der Waals surface area contributed by atoms with Crippen molar-refractivity contribution in [2.24, 2.45) is 0 Å². The first-order chi connectivity index (χ1) is 11.3. The van der Waals surface area contributed by atoms with Gasteiger partial charge in [-0.2, -0.15) is 13.2 Å². The van der Waals surface area contributed by atoms with Gasteiger partial charge < -0.3 is 4.98 Å². The molecule has 2 aromatic carbocycles. The van der Waals surface area contributed by atoms with Gasteiger partial charge in [-0.25, -0.2) is 0 Å². The monoisotopic (exact) mass is 371 g/mol. The Morgan fingerprint density at radius 3 is 2.29 bits per heavy atom. The van der Waals surface area contributed by atoms with Crippen molar-refractivity contribution in [2.75, 3.05) is 0 Å². The zero-order valence-corrected chi connectivity index (χ0v) is 14.3. The lowest BCUT2D eigenvalue weighted by molar-refractivity contribution is -0.137. The van der Waals surface area contributed by atoms with Crippen LogP contribution in [-0.4, -0.2) is 4.98 Å². The van der Waals surface area contributed by atoms with Gasteiger partial charge in [0.15, 0.2) is 0 Å². The summed E-state index contributed by atoms with van der Waals surface area (Å²) < 4.78 is 38.3. The average molecular weight is 372 g/mol. The van der Waals surface area contributed by atoms with E-state index in [1.165, 1.54) is 6.07 Å². The number of rotatable bonds is 3. The SMILES string of the molecule is CCCc1cc2cc(-c3ccc(C(F)(F)F)cc3Cl)c(Cl)cc2[nH]1. The summed E-state index contributed by atoms with van der Waals surface area (Å²) in [7, 11) is 0. The molecular weight excluding hydrogens is 358 g/mol. The summed E-state index contributed by atoms with van der Waals surface area (Å²) in [5, 5.41) is 1.42. The second-order valence-electron chi connectivity index (χ2n) is 5.66. The second kappa shape index (κ2) is 6.34. The maximum absolute atomic E-state index is 12.8. The molecule has 0 amide bonds. The molecule has 0 aliphatic carbocycles. The molecule has 126 valence electrons. The van der Waals surface area contributed by atoms with E-state index in [4.69, 9.17) is 23.2 Å². The molecule has 0 saturated heterocycles. The Bertz CT molecular complexity index is 897. The predicted molar refractivity (Wildman–Crippen MR) is 92.8 cm³/mol. The topological polar surface area (TPSA) is 15.8 Å². The van der Waals surface area contributed by atoms with Gasteiger partial charge in [-0.3, -0.25) is 0 Å². The maximum Gasteiger partial charge on any atom is 0.416 e. The zero-order chi connectivity index (χ0) is 17.5. The fraction of sp³-hybridized carbons (Fsp3) is 0.222. The molecule has 3 aromatic rings. The Balaban J connectivity index is 2.10. The van der Waals surface area contributed by atoms with E-state index in [1.54, 1.807) is 6.07 Å². The summed E-state index contributed by atoms with van der Waals surface area (Å²) in [5.74, 6) is 0. The highest BCUT2D eigenvalue weighted by molar-refractivity contribution is 6.37. The fourth-order valence-corrected chi connectivity index (χ4v) is 3.28. The molecule has 0 spiro atoms. The molecule has 3 rings (SSSR count). The van der Waals surface area contributed by atoms with Crippen molar-refractivity contribution in [3.8, 4) is 11.1 Å². The smallest absolute Gasteiger partial charge is 0.358 e. The van der Waals surface area contributed by atoms with Crippen LogP contribution in [0.25, 0.3) is 22.0 Å². The van der Waals surface area contributed by atoms with E-state index in [-0.39, 0.29) is 5.02 Å². The van der Waals surface area contributed by atoms with Gasteiger partial charge in [-0.05, 0) is 36.8 Å². The number of nitrogens with one attached hydrogen (secondary N) is 1. The van der Waals surface area contributed by atoms with Gasteiger partial charge in [-0.1, -0.05) is 42.6 Å². The number of alkyl halides is 3. The molecule has 0 aliphatic heterocycles. The van der Waals surface area contributed by atoms with Crippen molar-refractivity contribution in [1.29, 1.82) is 0 Å². The van der Waals surface area contributed by atoms with Crippen LogP contribution in [0.15, 0.2) is 36.4 Å². The van der Waals surface area contributed by atoms with Gasteiger partial charge in [0.1, 0.15) is 0 Å². The Kier molecular flexibility index (Phi) is 4.54. The van der Waals surface area contributed by atoms with Gasteiger partial charge in [0.2, 0.25) is 0 Å². The number of H-pyrrole nitrogens is 1. The fourth-order valence-electron chi connectivity index (χ4n) is 2.73. The van der Waals surface area contributed by atoms with E-state index >= 15 is 0 Å². The molecule has 0 atom stereocenters. The van der Waals surface area contributed by atoms with E-state index in [0.29, 0.717) is 16.1 Å². The van der Waals surface area contributed by atoms with Crippen molar-refractivity contribution in [3.63, 3.8) is 0 Å². The number of halogens is 5. The van der Waals surface area contributed by atoms with Crippen LogP contribution in [0, 0.1) is 0 Å². The molecule has 1 heterocycles. The maximum atomic E-state index is 12.8.